The Balaban J connectivity index is 3.12. The van der Waals surface area contributed by atoms with Crippen molar-refractivity contribution in [1.29, 1.82) is 5.26 Å². The van der Waals surface area contributed by atoms with Crippen LogP contribution in [0.3, 0.4) is 0 Å². The Bertz CT molecular complexity index is 354. The fourth-order valence-corrected chi connectivity index (χ4v) is 0.892. The zero-order chi connectivity index (χ0) is 8.97. The number of benzene rings is 1. The first-order valence-electron chi connectivity index (χ1n) is 3.16. The van der Waals surface area contributed by atoms with Gasteiger partial charge in [0.2, 0.25) is 0 Å². The number of nitriles is 1. The lowest BCUT2D eigenvalue weighted by atomic mass is 10.1. The highest BCUT2D eigenvalue weighted by molar-refractivity contribution is 6.69. The summed E-state index contributed by atoms with van der Waals surface area (Å²) in [5.74, 6) is 0. The lowest BCUT2D eigenvalue weighted by Crippen LogP contribution is -1.90. The van der Waals surface area contributed by atoms with Crippen LogP contribution in [0.5, 0.6) is 0 Å². The smallest absolute Gasteiger partial charge is 0.175 e. The standard InChI is InChI=1S/C8H5ClN2O/c9-8(11-12)7-3-1-2-6(4-7)5-10/h1-4,12H/b11-8-. The Labute approximate surface area is 74.5 Å². The number of hydrogen-bond acceptors (Lipinski definition) is 3. The predicted octanol–water partition coefficient (Wildman–Crippen LogP) is 1.93. The maximum absolute atomic E-state index is 8.52. The molecule has 0 fully saturated rings. The molecule has 4 heteroatoms. The molecule has 60 valence electrons. The van der Waals surface area contributed by atoms with Gasteiger partial charge in [0.25, 0.3) is 0 Å². The molecule has 3 nitrogen and oxygen atoms in total. The topological polar surface area (TPSA) is 56.4 Å². The Morgan fingerprint density at radius 2 is 2.33 bits per heavy atom. The van der Waals surface area contributed by atoms with Crippen LogP contribution < -0.4 is 0 Å². The van der Waals surface area contributed by atoms with Gasteiger partial charge in [0, 0.05) is 5.56 Å². The summed E-state index contributed by atoms with van der Waals surface area (Å²) in [6, 6.07) is 8.46. The van der Waals surface area contributed by atoms with Crippen molar-refractivity contribution in [3.8, 4) is 6.07 Å². The van der Waals surface area contributed by atoms with Gasteiger partial charge in [0.05, 0.1) is 11.6 Å². The van der Waals surface area contributed by atoms with E-state index in [-0.39, 0.29) is 5.17 Å². The first kappa shape index (κ1) is 8.57. The van der Waals surface area contributed by atoms with Crippen molar-refractivity contribution in [2.45, 2.75) is 0 Å². The number of hydrogen-bond donors (Lipinski definition) is 1. The van der Waals surface area contributed by atoms with Gasteiger partial charge in [0.1, 0.15) is 0 Å². The van der Waals surface area contributed by atoms with Gasteiger partial charge in [-0.25, -0.2) is 0 Å². The summed E-state index contributed by atoms with van der Waals surface area (Å²) < 4.78 is 0. The highest BCUT2D eigenvalue weighted by atomic mass is 35.5. The third-order valence-corrected chi connectivity index (χ3v) is 1.61. The summed E-state index contributed by atoms with van der Waals surface area (Å²) in [7, 11) is 0. The Morgan fingerprint density at radius 1 is 1.58 bits per heavy atom. The first-order valence-corrected chi connectivity index (χ1v) is 3.54. The van der Waals surface area contributed by atoms with Crippen LogP contribution >= 0.6 is 11.6 Å². The second-order valence-corrected chi connectivity index (χ2v) is 2.44. The van der Waals surface area contributed by atoms with E-state index >= 15 is 0 Å². The van der Waals surface area contributed by atoms with Crippen LogP contribution in [-0.4, -0.2) is 10.4 Å². The van der Waals surface area contributed by atoms with Crippen molar-refractivity contribution >= 4 is 16.8 Å². The van der Waals surface area contributed by atoms with E-state index in [4.69, 9.17) is 22.1 Å². The van der Waals surface area contributed by atoms with Crippen LogP contribution in [0.15, 0.2) is 29.4 Å². The predicted molar refractivity (Wildman–Crippen MR) is 45.3 cm³/mol. The molecule has 1 N–H and O–H groups in total. The van der Waals surface area contributed by atoms with E-state index in [0.717, 1.165) is 0 Å². The van der Waals surface area contributed by atoms with Crippen molar-refractivity contribution < 1.29 is 5.21 Å². The van der Waals surface area contributed by atoms with Crippen LogP contribution in [0.1, 0.15) is 11.1 Å². The molecule has 1 aromatic rings. The van der Waals surface area contributed by atoms with Crippen molar-refractivity contribution in [2.24, 2.45) is 5.16 Å². The van der Waals surface area contributed by atoms with Crippen LogP contribution in [0.4, 0.5) is 0 Å². The monoisotopic (exact) mass is 180 g/mol. The number of nitrogens with zero attached hydrogens (tertiary/aromatic N) is 2. The van der Waals surface area contributed by atoms with Crippen LogP contribution in [0.25, 0.3) is 0 Å². The normalized spacial score (nSPS) is 10.8. The summed E-state index contributed by atoms with van der Waals surface area (Å²) in [5.41, 5.74) is 1.01. The Hall–Kier alpha value is -1.53. The lowest BCUT2D eigenvalue weighted by Gasteiger charge is -1.95. The maximum Gasteiger partial charge on any atom is 0.175 e. The van der Waals surface area contributed by atoms with Crippen LogP contribution in [0, 0.1) is 11.3 Å². The average Bonchev–Trinajstić information content (AvgIpc) is 2.17. The van der Waals surface area contributed by atoms with Crippen LogP contribution in [-0.2, 0) is 0 Å². The molecule has 1 rings (SSSR count). The van der Waals surface area contributed by atoms with Gasteiger partial charge in [-0.3, -0.25) is 0 Å². The van der Waals surface area contributed by atoms with Crippen molar-refractivity contribution in [2.75, 3.05) is 0 Å². The van der Waals surface area contributed by atoms with Gasteiger partial charge >= 0.3 is 0 Å². The molecular formula is C8H5ClN2O. The molecule has 1 aromatic carbocycles. The van der Waals surface area contributed by atoms with E-state index in [1.807, 2.05) is 6.07 Å². The fraction of sp³-hybridized carbons (Fsp3) is 0. The molecule has 0 amide bonds. The van der Waals surface area contributed by atoms with Crippen molar-refractivity contribution in [3.63, 3.8) is 0 Å². The molecule has 12 heavy (non-hydrogen) atoms. The van der Waals surface area contributed by atoms with E-state index < -0.39 is 0 Å². The largest absolute Gasteiger partial charge is 0.410 e. The number of halogens is 1. The zero-order valence-corrected chi connectivity index (χ0v) is 6.78. The maximum atomic E-state index is 8.52. The summed E-state index contributed by atoms with van der Waals surface area (Å²) >= 11 is 5.51. The third kappa shape index (κ3) is 1.74. The van der Waals surface area contributed by atoms with Gasteiger partial charge in [-0.2, -0.15) is 5.26 Å². The lowest BCUT2D eigenvalue weighted by molar-refractivity contribution is 0.321. The molecule has 0 unspecified atom stereocenters. The minimum absolute atomic E-state index is 0.0212. The Kier molecular flexibility index (Phi) is 2.67. The molecule has 0 bridgehead atoms. The van der Waals surface area contributed by atoms with E-state index in [1.165, 1.54) is 0 Å². The Morgan fingerprint density at radius 3 is 2.92 bits per heavy atom. The number of rotatable bonds is 1. The summed E-state index contributed by atoms with van der Waals surface area (Å²) in [5, 5.41) is 19.6. The van der Waals surface area contributed by atoms with Gasteiger partial charge in [-0.15, -0.1) is 0 Å². The minimum Gasteiger partial charge on any atom is -0.410 e. The molecule has 0 aromatic heterocycles. The van der Waals surface area contributed by atoms with E-state index in [2.05, 4.69) is 5.16 Å². The van der Waals surface area contributed by atoms with E-state index in [9.17, 15) is 0 Å². The molecule has 0 radical (unpaired) electrons. The average molecular weight is 181 g/mol. The first-order chi connectivity index (χ1) is 5.77. The van der Waals surface area contributed by atoms with Gasteiger partial charge < -0.3 is 5.21 Å². The molecule has 0 aliphatic rings. The number of oxime groups is 1. The molecular weight excluding hydrogens is 176 g/mol. The summed E-state index contributed by atoms with van der Waals surface area (Å²) in [4.78, 5) is 0. The zero-order valence-electron chi connectivity index (χ0n) is 6.03. The molecule has 0 heterocycles. The molecule has 0 saturated carbocycles. The van der Waals surface area contributed by atoms with E-state index in [0.29, 0.717) is 11.1 Å². The fourth-order valence-electron chi connectivity index (χ4n) is 0.775. The third-order valence-electron chi connectivity index (χ3n) is 1.32. The van der Waals surface area contributed by atoms with Crippen molar-refractivity contribution in [3.05, 3.63) is 35.4 Å². The summed E-state index contributed by atoms with van der Waals surface area (Å²) in [6.07, 6.45) is 0. The van der Waals surface area contributed by atoms with Gasteiger partial charge in [-0.05, 0) is 12.1 Å². The van der Waals surface area contributed by atoms with Crippen LogP contribution in [0.2, 0.25) is 0 Å². The molecule has 0 atom stereocenters. The second-order valence-electron chi connectivity index (χ2n) is 2.08. The highest BCUT2D eigenvalue weighted by Crippen LogP contribution is 2.07. The summed E-state index contributed by atoms with van der Waals surface area (Å²) in [6.45, 7) is 0. The minimum atomic E-state index is -0.0212. The quantitative estimate of drug-likeness (QED) is 0.408. The van der Waals surface area contributed by atoms with Crippen molar-refractivity contribution in [1.82, 2.24) is 0 Å². The van der Waals surface area contributed by atoms with Gasteiger partial charge in [0.15, 0.2) is 5.17 Å². The van der Waals surface area contributed by atoms with Gasteiger partial charge in [-0.1, -0.05) is 28.9 Å². The molecule has 0 aliphatic carbocycles. The second kappa shape index (κ2) is 3.74. The SMILES string of the molecule is N#Cc1cccc(/C(Cl)=N/O)c1. The molecule has 0 spiro atoms. The molecule has 0 saturated heterocycles. The molecule has 0 aliphatic heterocycles. The highest BCUT2D eigenvalue weighted by Gasteiger charge is 2.00. The van der Waals surface area contributed by atoms with E-state index in [1.54, 1.807) is 24.3 Å².